The summed E-state index contributed by atoms with van der Waals surface area (Å²) in [5, 5.41) is 10.1. The maximum atomic E-state index is 10.1. The van der Waals surface area contributed by atoms with Gasteiger partial charge in [0.15, 0.2) is 0 Å². The molecule has 1 aliphatic rings. The average Bonchev–Trinajstić information content (AvgIpc) is 2.60. The zero-order valence-electron chi connectivity index (χ0n) is 15.3. The van der Waals surface area contributed by atoms with Crippen LogP contribution < -0.4 is 0 Å². The SMILES string of the molecule is CC(C)(O)CN1CCO[C@@H](CC(c2ccccc2)c2ccccc2)C1. The van der Waals surface area contributed by atoms with Crippen molar-refractivity contribution < 1.29 is 9.84 Å². The van der Waals surface area contributed by atoms with Crippen molar-refractivity contribution in [1.29, 1.82) is 0 Å². The summed E-state index contributed by atoms with van der Waals surface area (Å²) in [4.78, 5) is 2.32. The van der Waals surface area contributed by atoms with Crippen LogP contribution in [0.1, 0.15) is 37.3 Å². The fourth-order valence-electron chi connectivity index (χ4n) is 3.71. The second-order valence-corrected chi connectivity index (χ2v) is 7.65. The van der Waals surface area contributed by atoms with Gasteiger partial charge in [0, 0.05) is 25.6 Å². The lowest BCUT2D eigenvalue weighted by Gasteiger charge is -2.37. The van der Waals surface area contributed by atoms with E-state index in [4.69, 9.17) is 4.74 Å². The second-order valence-electron chi connectivity index (χ2n) is 7.65. The molecule has 1 N–H and O–H groups in total. The molecule has 3 rings (SSSR count). The number of morpholine rings is 1. The smallest absolute Gasteiger partial charge is 0.0718 e. The van der Waals surface area contributed by atoms with Crippen LogP contribution in [0.3, 0.4) is 0 Å². The van der Waals surface area contributed by atoms with Gasteiger partial charge < -0.3 is 9.84 Å². The summed E-state index contributed by atoms with van der Waals surface area (Å²) in [5.41, 5.74) is 1.99. The van der Waals surface area contributed by atoms with E-state index in [1.54, 1.807) is 0 Å². The summed E-state index contributed by atoms with van der Waals surface area (Å²) in [6.45, 7) is 6.93. The van der Waals surface area contributed by atoms with Crippen molar-refractivity contribution in [3.63, 3.8) is 0 Å². The lowest BCUT2D eigenvalue weighted by Crippen LogP contribution is -2.48. The van der Waals surface area contributed by atoms with E-state index in [0.717, 1.165) is 26.1 Å². The Labute approximate surface area is 151 Å². The van der Waals surface area contributed by atoms with Gasteiger partial charge in [-0.1, -0.05) is 60.7 Å². The molecule has 1 aliphatic heterocycles. The van der Waals surface area contributed by atoms with Crippen LogP contribution in [-0.4, -0.2) is 48.0 Å². The van der Waals surface area contributed by atoms with Gasteiger partial charge in [0.1, 0.15) is 0 Å². The fraction of sp³-hybridized carbons (Fsp3) is 0.455. The zero-order valence-corrected chi connectivity index (χ0v) is 15.3. The molecule has 134 valence electrons. The van der Waals surface area contributed by atoms with Crippen molar-refractivity contribution in [2.45, 2.75) is 37.9 Å². The van der Waals surface area contributed by atoms with Crippen molar-refractivity contribution in [1.82, 2.24) is 4.90 Å². The van der Waals surface area contributed by atoms with E-state index < -0.39 is 5.60 Å². The molecule has 2 aromatic rings. The van der Waals surface area contributed by atoms with Crippen LogP contribution in [-0.2, 0) is 4.74 Å². The third-order valence-corrected chi connectivity index (χ3v) is 4.74. The summed E-state index contributed by atoms with van der Waals surface area (Å²) < 4.78 is 6.07. The van der Waals surface area contributed by atoms with Gasteiger partial charge >= 0.3 is 0 Å². The topological polar surface area (TPSA) is 32.7 Å². The van der Waals surface area contributed by atoms with Crippen molar-refractivity contribution in [2.24, 2.45) is 0 Å². The molecular formula is C22H29NO2. The highest BCUT2D eigenvalue weighted by molar-refractivity contribution is 5.32. The first-order chi connectivity index (χ1) is 12.0. The molecule has 2 aromatic carbocycles. The largest absolute Gasteiger partial charge is 0.389 e. The van der Waals surface area contributed by atoms with Crippen LogP contribution in [0.25, 0.3) is 0 Å². The van der Waals surface area contributed by atoms with E-state index in [2.05, 4.69) is 65.6 Å². The van der Waals surface area contributed by atoms with E-state index in [1.807, 2.05) is 13.8 Å². The fourth-order valence-corrected chi connectivity index (χ4v) is 3.71. The molecule has 0 unspecified atom stereocenters. The first-order valence-corrected chi connectivity index (χ1v) is 9.17. The molecule has 1 atom stereocenters. The van der Waals surface area contributed by atoms with Crippen LogP contribution in [0, 0.1) is 0 Å². The Kier molecular flexibility index (Phi) is 5.89. The van der Waals surface area contributed by atoms with Gasteiger partial charge in [-0.05, 0) is 31.4 Å². The monoisotopic (exact) mass is 339 g/mol. The van der Waals surface area contributed by atoms with E-state index in [1.165, 1.54) is 11.1 Å². The van der Waals surface area contributed by atoms with E-state index in [0.29, 0.717) is 12.5 Å². The van der Waals surface area contributed by atoms with Crippen LogP contribution in [0.5, 0.6) is 0 Å². The Morgan fingerprint density at radius 3 is 2.12 bits per heavy atom. The Bertz CT molecular complexity index is 597. The van der Waals surface area contributed by atoms with Gasteiger partial charge in [-0.3, -0.25) is 4.90 Å². The highest BCUT2D eigenvalue weighted by Crippen LogP contribution is 2.31. The molecule has 0 aromatic heterocycles. The Morgan fingerprint density at radius 2 is 1.60 bits per heavy atom. The molecule has 0 bridgehead atoms. The van der Waals surface area contributed by atoms with Gasteiger partial charge in [-0.2, -0.15) is 0 Å². The summed E-state index contributed by atoms with van der Waals surface area (Å²) >= 11 is 0. The summed E-state index contributed by atoms with van der Waals surface area (Å²) in [7, 11) is 0. The Balaban J connectivity index is 1.74. The van der Waals surface area contributed by atoms with Crippen LogP contribution in [0.15, 0.2) is 60.7 Å². The average molecular weight is 339 g/mol. The van der Waals surface area contributed by atoms with Crippen LogP contribution in [0.4, 0.5) is 0 Å². The van der Waals surface area contributed by atoms with Crippen LogP contribution in [0.2, 0.25) is 0 Å². The molecular weight excluding hydrogens is 310 g/mol. The second kappa shape index (κ2) is 8.13. The molecule has 1 heterocycles. The number of ether oxygens (including phenoxy) is 1. The third-order valence-electron chi connectivity index (χ3n) is 4.74. The number of benzene rings is 2. The van der Waals surface area contributed by atoms with Crippen LogP contribution >= 0.6 is 0 Å². The minimum absolute atomic E-state index is 0.182. The van der Waals surface area contributed by atoms with E-state index in [-0.39, 0.29) is 6.10 Å². The first-order valence-electron chi connectivity index (χ1n) is 9.17. The van der Waals surface area contributed by atoms with Gasteiger partial charge in [-0.25, -0.2) is 0 Å². The van der Waals surface area contributed by atoms with Crippen molar-refractivity contribution in [2.75, 3.05) is 26.2 Å². The van der Waals surface area contributed by atoms with Gasteiger partial charge in [0.25, 0.3) is 0 Å². The lowest BCUT2D eigenvalue weighted by molar-refractivity contribution is -0.0584. The Hall–Kier alpha value is -1.68. The van der Waals surface area contributed by atoms with E-state index in [9.17, 15) is 5.11 Å². The molecule has 3 nitrogen and oxygen atoms in total. The number of hydrogen-bond acceptors (Lipinski definition) is 3. The van der Waals surface area contributed by atoms with Crippen molar-refractivity contribution >= 4 is 0 Å². The number of β-amino-alcohol motifs (C(OH)–C–C–N with tert-alkyl or cyclic N) is 1. The normalized spacial score (nSPS) is 19.3. The molecule has 25 heavy (non-hydrogen) atoms. The highest BCUT2D eigenvalue weighted by atomic mass is 16.5. The molecule has 3 heteroatoms. The maximum Gasteiger partial charge on any atom is 0.0718 e. The van der Waals surface area contributed by atoms with E-state index >= 15 is 0 Å². The standard InChI is InChI=1S/C22H29NO2/c1-22(2,24)17-23-13-14-25-20(16-23)15-21(18-9-5-3-6-10-18)19-11-7-4-8-12-19/h3-12,20-21,24H,13-17H2,1-2H3/t20-/m0/s1. The summed E-state index contributed by atoms with van der Waals surface area (Å²) in [6, 6.07) is 21.4. The molecule has 1 fully saturated rings. The Morgan fingerprint density at radius 1 is 1.04 bits per heavy atom. The molecule has 0 saturated carbocycles. The third kappa shape index (κ3) is 5.40. The predicted octanol–water partition coefficient (Wildman–Crippen LogP) is 3.68. The quantitative estimate of drug-likeness (QED) is 0.871. The van der Waals surface area contributed by atoms with Gasteiger partial charge in [0.2, 0.25) is 0 Å². The van der Waals surface area contributed by atoms with Crippen molar-refractivity contribution in [3.8, 4) is 0 Å². The van der Waals surface area contributed by atoms with Crippen molar-refractivity contribution in [3.05, 3.63) is 71.8 Å². The zero-order chi connectivity index (χ0) is 17.7. The lowest BCUT2D eigenvalue weighted by atomic mass is 9.86. The molecule has 1 saturated heterocycles. The number of nitrogens with zero attached hydrogens (tertiary/aromatic N) is 1. The minimum atomic E-state index is -0.667. The predicted molar refractivity (Wildman–Crippen MR) is 102 cm³/mol. The van der Waals surface area contributed by atoms with Gasteiger partial charge in [-0.15, -0.1) is 0 Å². The first kappa shape index (κ1) is 18.1. The molecule has 0 radical (unpaired) electrons. The number of rotatable bonds is 6. The molecule has 0 amide bonds. The molecule has 0 spiro atoms. The number of hydrogen-bond donors (Lipinski definition) is 1. The maximum absolute atomic E-state index is 10.1. The molecule has 0 aliphatic carbocycles. The number of aliphatic hydroxyl groups is 1. The van der Waals surface area contributed by atoms with Gasteiger partial charge in [0.05, 0.1) is 18.3 Å². The summed E-state index contributed by atoms with van der Waals surface area (Å²) in [5.74, 6) is 0.328. The minimum Gasteiger partial charge on any atom is -0.389 e. The highest BCUT2D eigenvalue weighted by Gasteiger charge is 2.28. The summed E-state index contributed by atoms with van der Waals surface area (Å²) in [6.07, 6.45) is 1.14.